The van der Waals surface area contributed by atoms with Gasteiger partial charge in [0, 0.05) is 65.8 Å². The van der Waals surface area contributed by atoms with E-state index in [1.165, 1.54) is 5.39 Å². The minimum atomic E-state index is 0.875. The fraction of sp³-hybridized carbons (Fsp3) is 0. The molecule has 0 N–H and O–H groups in total. The molecule has 3 heterocycles. The van der Waals surface area contributed by atoms with Gasteiger partial charge in [0.05, 0.1) is 5.69 Å². The lowest BCUT2D eigenvalue weighted by molar-refractivity contribution is 0.669. The molecular formula is C58H35NO3. The van der Waals surface area contributed by atoms with Crippen molar-refractivity contribution in [2.24, 2.45) is 0 Å². The van der Waals surface area contributed by atoms with E-state index in [1.807, 2.05) is 24.3 Å². The molecule has 290 valence electrons. The van der Waals surface area contributed by atoms with E-state index in [0.717, 1.165) is 122 Å². The van der Waals surface area contributed by atoms with Gasteiger partial charge in [-0.15, -0.1) is 0 Å². The van der Waals surface area contributed by atoms with Crippen molar-refractivity contribution in [1.82, 2.24) is 0 Å². The van der Waals surface area contributed by atoms with Gasteiger partial charge in [-0.25, -0.2) is 0 Å². The van der Waals surface area contributed by atoms with E-state index < -0.39 is 0 Å². The molecule has 0 radical (unpaired) electrons. The van der Waals surface area contributed by atoms with E-state index in [2.05, 4.69) is 193 Å². The standard InChI is InChI=1S/C58H35NO3/c1-2-13-43-36(11-1)27-33-50-51-35-39(28-34-55(51)62-58(43)50)42-12-3-6-20-52(42)59(40-29-23-37(24-30-40)44-16-9-18-48-46-14-4-7-21-53(46)60-56(44)48)41-31-25-38(26-32-41)45-17-10-19-49-47-15-5-8-22-54(47)61-57(45)49/h1-35H. The van der Waals surface area contributed by atoms with E-state index in [0.29, 0.717) is 0 Å². The first-order chi connectivity index (χ1) is 30.7. The average molecular weight is 794 g/mol. The number of anilines is 3. The molecule has 0 fully saturated rings. The predicted molar refractivity (Wildman–Crippen MR) is 257 cm³/mol. The SMILES string of the molecule is c1ccc(N(c2ccc(-c3cccc4c3oc3ccccc34)cc2)c2ccc(-c3cccc4c3oc3ccccc34)cc2)c(-c2ccc3oc4c5ccccc5ccc4c3c2)c1. The number of furan rings is 3. The van der Waals surface area contributed by atoms with Crippen LogP contribution in [0, 0.1) is 0 Å². The number of hydrogen-bond donors (Lipinski definition) is 0. The lowest BCUT2D eigenvalue weighted by Gasteiger charge is -2.28. The van der Waals surface area contributed by atoms with Crippen molar-refractivity contribution in [2.45, 2.75) is 0 Å². The van der Waals surface area contributed by atoms with E-state index in [4.69, 9.17) is 13.3 Å². The molecule has 0 bridgehead atoms. The van der Waals surface area contributed by atoms with Crippen molar-refractivity contribution < 1.29 is 13.3 Å². The second-order valence-corrected chi connectivity index (χ2v) is 16.0. The molecule has 10 aromatic carbocycles. The van der Waals surface area contributed by atoms with Crippen molar-refractivity contribution >= 4 is 93.7 Å². The molecule has 0 aliphatic heterocycles. The first-order valence-electron chi connectivity index (χ1n) is 21.0. The Bertz CT molecular complexity index is 3710. The molecule has 13 rings (SSSR count). The van der Waals surface area contributed by atoms with E-state index >= 15 is 0 Å². The van der Waals surface area contributed by atoms with Gasteiger partial charge in [-0.2, -0.15) is 0 Å². The highest BCUT2D eigenvalue weighted by Crippen LogP contribution is 2.45. The van der Waals surface area contributed by atoms with Gasteiger partial charge in [0.25, 0.3) is 0 Å². The van der Waals surface area contributed by atoms with Crippen molar-refractivity contribution in [3.63, 3.8) is 0 Å². The number of hydrogen-bond acceptors (Lipinski definition) is 4. The van der Waals surface area contributed by atoms with Gasteiger partial charge >= 0.3 is 0 Å². The average Bonchev–Trinajstić information content (AvgIpc) is 4.04. The molecule has 0 spiro atoms. The van der Waals surface area contributed by atoms with Crippen LogP contribution in [0.5, 0.6) is 0 Å². The lowest BCUT2D eigenvalue weighted by Crippen LogP contribution is -2.11. The summed E-state index contributed by atoms with van der Waals surface area (Å²) < 4.78 is 19.5. The highest BCUT2D eigenvalue weighted by molar-refractivity contribution is 6.16. The Morgan fingerprint density at radius 3 is 1.39 bits per heavy atom. The third kappa shape index (κ3) is 5.33. The maximum Gasteiger partial charge on any atom is 0.143 e. The predicted octanol–water partition coefficient (Wildman–Crippen LogP) is 17.0. The first kappa shape index (κ1) is 34.5. The van der Waals surface area contributed by atoms with Crippen LogP contribution in [0.4, 0.5) is 17.1 Å². The van der Waals surface area contributed by atoms with Crippen molar-refractivity contribution in [3.8, 4) is 33.4 Å². The number of nitrogens with zero attached hydrogens (tertiary/aromatic N) is 1. The summed E-state index contributed by atoms with van der Waals surface area (Å²) in [6.45, 7) is 0. The number of benzene rings is 10. The molecule has 62 heavy (non-hydrogen) atoms. The molecule has 0 atom stereocenters. The van der Waals surface area contributed by atoms with Crippen LogP contribution in [-0.2, 0) is 0 Å². The van der Waals surface area contributed by atoms with Crippen LogP contribution in [-0.4, -0.2) is 0 Å². The summed E-state index contributed by atoms with van der Waals surface area (Å²) in [5, 5.41) is 8.98. The van der Waals surface area contributed by atoms with Gasteiger partial charge in [0.1, 0.15) is 33.5 Å². The maximum absolute atomic E-state index is 6.53. The summed E-state index contributed by atoms with van der Waals surface area (Å²) in [4.78, 5) is 2.36. The summed E-state index contributed by atoms with van der Waals surface area (Å²) in [5.74, 6) is 0. The molecule has 0 saturated heterocycles. The third-order valence-corrected chi connectivity index (χ3v) is 12.5. The lowest BCUT2D eigenvalue weighted by atomic mass is 9.98. The molecule has 0 saturated carbocycles. The fourth-order valence-electron chi connectivity index (χ4n) is 9.54. The van der Waals surface area contributed by atoms with Crippen LogP contribution >= 0.6 is 0 Å². The van der Waals surface area contributed by atoms with Crippen LogP contribution in [0.25, 0.3) is 110 Å². The maximum atomic E-state index is 6.53. The Kier molecular flexibility index (Phi) is 7.57. The smallest absolute Gasteiger partial charge is 0.143 e. The summed E-state index contributed by atoms with van der Waals surface area (Å²) in [6.07, 6.45) is 0. The second-order valence-electron chi connectivity index (χ2n) is 16.0. The third-order valence-electron chi connectivity index (χ3n) is 12.5. The Labute approximate surface area is 356 Å². The largest absolute Gasteiger partial charge is 0.455 e. The van der Waals surface area contributed by atoms with Crippen LogP contribution in [0.1, 0.15) is 0 Å². The zero-order valence-corrected chi connectivity index (χ0v) is 33.4. The van der Waals surface area contributed by atoms with Gasteiger partial charge in [0.2, 0.25) is 0 Å². The molecule has 13 aromatic rings. The second kappa shape index (κ2) is 13.6. The molecule has 0 unspecified atom stereocenters. The van der Waals surface area contributed by atoms with Crippen LogP contribution in [0.2, 0.25) is 0 Å². The molecule has 4 nitrogen and oxygen atoms in total. The Hall–Kier alpha value is -8.34. The highest BCUT2D eigenvalue weighted by Gasteiger charge is 2.21. The zero-order chi connectivity index (χ0) is 40.7. The molecule has 0 aliphatic carbocycles. The van der Waals surface area contributed by atoms with Gasteiger partial charge in [-0.05, 0) is 82.7 Å². The van der Waals surface area contributed by atoms with Gasteiger partial charge in [-0.3, -0.25) is 0 Å². The first-order valence-corrected chi connectivity index (χ1v) is 21.0. The van der Waals surface area contributed by atoms with E-state index in [-0.39, 0.29) is 0 Å². The van der Waals surface area contributed by atoms with E-state index in [9.17, 15) is 0 Å². The van der Waals surface area contributed by atoms with E-state index in [1.54, 1.807) is 0 Å². The monoisotopic (exact) mass is 793 g/mol. The molecule has 3 aromatic heterocycles. The highest BCUT2D eigenvalue weighted by atomic mass is 16.3. The number of para-hydroxylation sites is 5. The van der Waals surface area contributed by atoms with Gasteiger partial charge < -0.3 is 18.2 Å². The Morgan fingerprint density at radius 1 is 0.274 bits per heavy atom. The molecule has 0 aliphatic rings. The van der Waals surface area contributed by atoms with Gasteiger partial charge in [0.15, 0.2) is 0 Å². The quantitative estimate of drug-likeness (QED) is 0.168. The van der Waals surface area contributed by atoms with Crippen molar-refractivity contribution in [3.05, 3.63) is 212 Å². The topological polar surface area (TPSA) is 42.7 Å². The Balaban J connectivity index is 0.961. The summed E-state index contributed by atoms with van der Waals surface area (Å²) in [5.41, 5.74) is 15.0. The zero-order valence-electron chi connectivity index (χ0n) is 33.4. The Morgan fingerprint density at radius 2 is 0.742 bits per heavy atom. The normalized spacial score (nSPS) is 11.9. The molecule has 0 amide bonds. The molecule has 4 heteroatoms. The van der Waals surface area contributed by atoms with Crippen LogP contribution in [0.15, 0.2) is 226 Å². The van der Waals surface area contributed by atoms with Crippen LogP contribution < -0.4 is 4.90 Å². The van der Waals surface area contributed by atoms with Crippen LogP contribution in [0.3, 0.4) is 0 Å². The van der Waals surface area contributed by atoms with Gasteiger partial charge in [-0.1, -0.05) is 152 Å². The number of rotatable bonds is 6. The fourth-order valence-corrected chi connectivity index (χ4v) is 9.54. The summed E-state index contributed by atoms with van der Waals surface area (Å²) in [7, 11) is 0. The summed E-state index contributed by atoms with van der Waals surface area (Å²) in [6, 6.07) is 75.0. The van der Waals surface area contributed by atoms with Crippen molar-refractivity contribution in [1.29, 1.82) is 0 Å². The minimum absolute atomic E-state index is 0.875. The summed E-state index contributed by atoms with van der Waals surface area (Å²) >= 11 is 0. The molecular weight excluding hydrogens is 759 g/mol. The number of fused-ring (bicyclic) bond motifs is 11. The van der Waals surface area contributed by atoms with Crippen molar-refractivity contribution in [2.75, 3.05) is 4.90 Å². The minimum Gasteiger partial charge on any atom is -0.455 e.